The number of hydrogen-bond acceptors (Lipinski definition) is 4. The molecule has 19 heavy (non-hydrogen) atoms. The summed E-state index contributed by atoms with van der Waals surface area (Å²) >= 11 is 5.58. The van der Waals surface area contributed by atoms with Crippen LogP contribution in [0.4, 0.5) is 0 Å². The van der Waals surface area contributed by atoms with Gasteiger partial charge in [0.2, 0.25) is 0 Å². The maximum atomic E-state index is 12.2. The molecule has 0 amide bonds. The number of Topliss-reactive ketones (excluding diaryl/α,β-unsaturated/α-hetero) is 1. The molecule has 0 fully saturated rings. The van der Waals surface area contributed by atoms with Crippen molar-refractivity contribution in [2.45, 2.75) is 19.1 Å². The fourth-order valence-corrected chi connectivity index (χ4v) is 2.48. The molecule has 5 heteroatoms. The first-order chi connectivity index (χ1) is 9.20. The molecule has 1 aliphatic heterocycles. The van der Waals surface area contributed by atoms with E-state index in [9.17, 15) is 4.79 Å². The summed E-state index contributed by atoms with van der Waals surface area (Å²) in [6.07, 6.45) is 1.29. The Morgan fingerprint density at radius 2 is 2.16 bits per heavy atom. The van der Waals surface area contributed by atoms with Gasteiger partial charge in [-0.1, -0.05) is 6.07 Å². The highest BCUT2D eigenvalue weighted by molar-refractivity contribution is 6.17. The van der Waals surface area contributed by atoms with E-state index in [0.29, 0.717) is 11.3 Å². The smallest absolute Gasteiger partial charge is 0.188 e. The zero-order chi connectivity index (χ0) is 13.4. The highest BCUT2D eigenvalue weighted by Crippen LogP contribution is 2.32. The Balaban J connectivity index is 2.03. The van der Waals surface area contributed by atoms with E-state index in [1.165, 1.54) is 0 Å². The first-order valence-corrected chi connectivity index (χ1v) is 6.33. The molecular weight excluding hydrogens is 266 g/mol. The lowest BCUT2D eigenvalue weighted by Crippen LogP contribution is -2.46. The van der Waals surface area contributed by atoms with Gasteiger partial charge in [0.05, 0.1) is 11.8 Å². The van der Waals surface area contributed by atoms with E-state index in [4.69, 9.17) is 20.9 Å². The van der Waals surface area contributed by atoms with Gasteiger partial charge >= 0.3 is 0 Å². The standard InChI is InChI=1S/C14H12ClNO3/c1-8-13(16-15)14(17)10-5-4-9(7-12(10)19-8)11-3-2-6-18-11/h2-8,13,16H,1H3. The number of rotatable bonds is 2. The van der Waals surface area contributed by atoms with Crippen LogP contribution in [0.1, 0.15) is 17.3 Å². The monoisotopic (exact) mass is 277 g/mol. The minimum absolute atomic E-state index is 0.0604. The maximum Gasteiger partial charge on any atom is 0.188 e. The number of furan rings is 1. The zero-order valence-corrected chi connectivity index (χ0v) is 11.0. The molecule has 1 aliphatic rings. The summed E-state index contributed by atoms with van der Waals surface area (Å²) in [6, 6.07) is 8.54. The van der Waals surface area contributed by atoms with Crippen molar-refractivity contribution in [2.24, 2.45) is 0 Å². The Morgan fingerprint density at radius 3 is 2.84 bits per heavy atom. The summed E-state index contributed by atoms with van der Waals surface area (Å²) in [7, 11) is 0. The second kappa shape index (κ2) is 4.72. The molecule has 1 aromatic carbocycles. The maximum absolute atomic E-state index is 12.2. The molecule has 0 saturated heterocycles. The zero-order valence-electron chi connectivity index (χ0n) is 10.2. The van der Waals surface area contributed by atoms with Crippen molar-refractivity contribution < 1.29 is 13.9 Å². The van der Waals surface area contributed by atoms with E-state index >= 15 is 0 Å². The number of fused-ring (bicyclic) bond motifs is 1. The predicted molar refractivity (Wildman–Crippen MR) is 71.3 cm³/mol. The van der Waals surface area contributed by atoms with Crippen LogP contribution in [0.15, 0.2) is 41.0 Å². The molecule has 1 N–H and O–H groups in total. The van der Waals surface area contributed by atoms with E-state index < -0.39 is 6.04 Å². The van der Waals surface area contributed by atoms with Crippen LogP contribution in [-0.4, -0.2) is 17.9 Å². The second-order valence-electron chi connectivity index (χ2n) is 4.46. The van der Waals surface area contributed by atoms with Crippen molar-refractivity contribution in [3.05, 3.63) is 42.2 Å². The van der Waals surface area contributed by atoms with Crippen molar-refractivity contribution >= 4 is 17.6 Å². The van der Waals surface area contributed by atoms with Gasteiger partial charge in [-0.3, -0.25) is 4.79 Å². The Kier molecular flexibility index (Phi) is 3.05. The van der Waals surface area contributed by atoms with Crippen LogP contribution in [0.25, 0.3) is 11.3 Å². The number of hydrogen-bond donors (Lipinski definition) is 1. The third kappa shape index (κ3) is 2.03. The summed E-state index contributed by atoms with van der Waals surface area (Å²) in [6.45, 7) is 1.81. The molecule has 1 aromatic heterocycles. The third-order valence-corrected chi connectivity index (χ3v) is 3.47. The number of carbonyl (C=O) groups is 1. The van der Waals surface area contributed by atoms with E-state index in [-0.39, 0.29) is 11.9 Å². The fraction of sp³-hybridized carbons (Fsp3) is 0.214. The van der Waals surface area contributed by atoms with Gasteiger partial charge in [-0.05, 0) is 43.0 Å². The van der Waals surface area contributed by atoms with E-state index in [0.717, 1.165) is 11.3 Å². The van der Waals surface area contributed by atoms with Crippen LogP contribution in [0.3, 0.4) is 0 Å². The first-order valence-electron chi connectivity index (χ1n) is 5.95. The minimum Gasteiger partial charge on any atom is -0.488 e. The summed E-state index contributed by atoms with van der Waals surface area (Å²) in [4.78, 5) is 14.7. The molecule has 0 bridgehead atoms. The van der Waals surface area contributed by atoms with Gasteiger partial charge in [0.1, 0.15) is 23.7 Å². The van der Waals surface area contributed by atoms with Crippen LogP contribution < -0.4 is 9.57 Å². The van der Waals surface area contributed by atoms with Crippen LogP contribution in [0, 0.1) is 0 Å². The molecular formula is C14H12ClNO3. The lowest BCUT2D eigenvalue weighted by molar-refractivity contribution is 0.0799. The van der Waals surface area contributed by atoms with E-state index in [2.05, 4.69) is 4.84 Å². The number of nitrogens with one attached hydrogen (secondary N) is 1. The summed E-state index contributed by atoms with van der Waals surface area (Å²) in [5.41, 5.74) is 1.41. The van der Waals surface area contributed by atoms with Crippen LogP contribution in [0.2, 0.25) is 0 Å². The van der Waals surface area contributed by atoms with Crippen molar-refractivity contribution in [2.75, 3.05) is 0 Å². The highest BCUT2D eigenvalue weighted by Gasteiger charge is 2.34. The molecule has 0 saturated carbocycles. The first kappa shape index (κ1) is 12.3. The highest BCUT2D eigenvalue weighted by atomic mass is 35.5. The molecule has 4 nitrogen and oxygen atoms in total. The number of benzene rings is 1. The Morgan fingerprint density at radius 1 is 1.32 bits per heavy atom. The van der Waals surface area contributed by atoms with Gasteiger partial charge in [0.25, 0.3) is 0 Å². The van der Waals surface area contributed by atoms with E-state index in [1.54, 1.807) is 19.3 Å². The van der Waals surface area contributed by atoms with Crippen molar-refractivity contribution in [3.63, 3.8) is 0 Å². The molecule has 0 spiro atoms. The normalized spacial score (nSPS) is 21.9. The average molecular weight is 278 g/mol. The SMILES string of the molecule is CC1Oc2cc(-c3ccco3)ccc2C(=O)C1NCl. The minimum atomic E-state index is -0.524. The average Bonchev–Trinajstić information content (AvgIpc) is 2.92. The van der Waals surface area contributed by atoms with Crippen molar-refractivity contribution in [1.82, 2.24) is 4.84 Å². The fourth-order valence-electron chi connectivity index (χ4n) is 2.21. The Hall–Kier alpha value is -1.78. The second-order valence-corrected chi connectivity index (χ2v) is 4.68. The predicted octanol–water partition coefficient (Wildman–Crippen LogP) is 3.02. The Bertz CT molecular complexity index is 609. The quantitative estimate of drug-likeness (QED) is 0.858. The van der Waals surface area contributed by atoms with Crippen LogP contribution in [0.5, 0.6) is 5.75 Å². The molecule has 2 aromatic rings. The van der Waals surface area contributed by atoms with Crippen LogP contribution in [-0.2, 0) is 0 Å². The number of carbonyl (C=O) groups excluding carboxylic acids is 1. The number of ether oxygens (including phenoxy) is 1. The Labute approximate surface area is 115 Å². The summed E-state index contributed by atoms with van der Waals surface area (Å²) in [5.74, 6) is 1.24. The van der Waals surface area contributed by atoms with Gasteiger partial charge in [-0.25, -0.2) is 4.84 Å². The van der Waals surface area contributed by atoms with Crippen LogP contribution >= 0.6 is 11.8 Å². The molecule has 0 radical (unpaired) electrons. The van der Waals surface area contributed by atoms with Gasteiger partial charge in [0.15, 0.2) is 5.78 Å². The van der Waals surface area contributed by atoms with Crippen molar-refractivity contribution in [3.8, 4) is 17.1 Å². The number of ketones is 1. The summed E-state index contributed by atoms with van der Waals surface area (Å²) in [5, 5.41) is 0. The van der Waals surface area contributed by atoms with Gasteiger partial charge in [-0.2, -0.15) is 0 Å². The molecule has 98 valence electrons. The van der Waals surface area contributed by atoms with Gasteiger partial charge in [0, 0.05) is 5.56 Å². The van der Waals surface area contributed by atoms with Crippen molar-refractivity contribution in [1.29, 1.82) is 0 Å². The topological polar surface area (TPSA) is 51.5 Å². The lowest BCUT2D eigenvalue weighted by atomic mass is 9.95. The number of halogens is 1. The van der Waals surface area contributed by atoms with Gasteiger partial charge in [-0.15, -0.1) is 0 Å². The third-order valence-electron chi connectivity index (χ3n) is 3.24. The molecule has 0 aliphatic carbocycles. The molecule has 3 rings (SSSR count). The van der Waals surface area contributed by atoms with Gasteiger partial charge < -0.3 is 9.15 Å². The molecule has 2 atom stereocenters. The molecule has 2 heterocycles. The largest absolute Gasteiger partial charge is 0.488 e. The van der Waals surface area contributed by atoms with E-state index in [1.807, 2.05) is 24.3 Å². The molecule has 2 unspecified atom stereocenters. The lowest BCUT2D eigenvalue weighted by Gasteiger charge is -2.29. The summed E-state index contributed by atoms with van der Waals surface area (Å²) < 4.78 is 11.1.